The van der Waals surface area contributed by atoms with Crippen molar-refractivity contribution >= 4 is 45.4 Å². The molecule has 0 aromatic heterocycles. The molecule has 3 rings (SSSR count). The summed E-state index contributed by atoms with van der Waals surface area (Å²) >= 11 is 4.99. The highest BCUT2D eigenvalue weighted by atomic mass is 79.9. The molecule has 1 fully saturated rings. The van der Waals surface area contributed by atoms with Crippen LogP contribution in [0.4, 0.5) is 5.69 Å². The van der Waals surface area contributed by atoms with Gasteiger partial charge in [0.15, 0.2) is 17.0 Å². The van der Waals surface area contributed by atoms with Gasteiger partial charge in [-0.1, -0.05) is 43.5 Å². The van der Waals surface area contributed by atoms with Crippen molar-refractivity contribution < 1.29 is 14.3 Å². The van der Waals surface area contributed by atoms with Crippen LogP contribution in [0.25, 0.3) is 6.08 Å². The third kappa shape index (κ3) is 5.61. The normalized spacial score (nSPS) is 17.0. The maximum Gasteiger partial charge on any atom is 0.260 e. The summed E-state index contributed by atoms with van der Waals surface area (Å²) in [6.07, 6.45) is 4.53. The van der Waals surface area contributed by atoms with E-state index in [9.17, 15) is 4.79 Å². The minimum atomic E-state index is -0.221. The minimum Gasteiger partial charge on any atom is -0.490 e. The van der Waals surface area contributed by atoms with Crippen molar-refractivity contribution in [1.29, 1.82) is 0 Å². The average Bonchev–Trinajstić information content (AvgIpc) is 3.07. The lowest BCUT2D eigenvalue weighted by Gasteiger charge is -2.14. The van der Waals surface area contributed by atoms with E-state index in [2.05, 4.69) is 52.2 Å². The van der Waals surface area contributed by atoms with Crippen molar-refractivity contribution in [2.45, 2.75) is 25.8 Å². The fourth-order valence-electron chi connectivity index (χ4n) is 2.92. The molecule has 2 aromatic carbocycles. The van der Waals surface area contributed by atoms with Gasteiger partial charge in [-0.3, -0.25) is 4.79 Å². The van der Waals surface area contributed by atoms with Crippen molar-refractivity contribution in [1.82, 2.24) is 5.32 Å². The van der Waals surface area contributed by atoms with Crippen LogP contribution in [-0.4, -0.2) is 24.6 Å². The van der Waals surface area contributed by atoms with Crippen LogP contribution in [0.1, 0.15) is 25.0 Å². The Morgan fingerprint density at radius 3 is 2.67 bits per heavy atom. The number of hydrogen-bond donors (Lipinski definition) is 2. The van der Waals surface area contributed by atoms with Crippen molar-refractivity contribution in [3.63, 3.8) is 0 Å². The molecule has 1 aliphatic heterocycles. The molecule has 158 valence electrons. The highest BCUT2D eigenvalue weighted by Crippen LogP contribution is 2.39. The van der Waals surface area contributed by atoms with Crippen molar-refractivity contribution in [2.75, 3.05) is 18.5 Å². The number of halogens is 1. The molecule has 7 heteroatoms. The van der Waals surface area contributed by atoms with Gasteiger partial charge in [0.2, 0.25) is 0 Å². The van der Waals surface area contributed by atoms with Crippen LogP contribution in [0.15, 0.2) is 58.4 Å². The lowest BCUT2D eigenvalue weighted by atomic mass is 10.1. The molecule has 2 aromatic rings. The monoisotopic (exact) mass is 488 g/mol. The fourth-order valence-corrected chi connectivity index (χ4v) is 4.48. The molecule has 0 radical (unpaired) electrons. The van der Waals surface area contributed by atoms with Gasteiger partial charge in [-0.2, -0.15) is 0 Å². The zero-order valence-corrected chi connectivity index (χ0v) is 19.4. The minimum absolute atomic E-state index is 0.108. The second kappa shape index (κ2) is 10.6. The van der Waals surface area contributed by atoms with Crippen LogP contribution in [0.5, 0.6) is 11.5 Å². The zero-order valence-electron chi connectivity index (χ0n) is 17.0. The van der Waals surface area contributed by atoms with Gasteiger partial charge in [0.1, 0.15) is 6.61 Å². The predicted molar refractivity (Wildman–Crippen MR) is 128 cm³/mol. The first-order chi connectivity index (χ1) is 14.5. The van der Waals surface area contributed by atoms with Gasteiger partial charge >= 0.3 is 0 Å². The number of amides is 1. The first-order valence-corrected chi connectivity index (χ1v) is 11.5. The molecular formula is C23H25BrN2O3S. The van der Waals surface area contributed by atoms with Gasteiger partial charge in [-0.15, -0.1) is 0 Å². The van der Waals surface area contributed by atoms with Crippen LogP contribution in [0, 0.1) is 0 Å². The first-order valence-electron chi connectivity index (χ1n) is 9.78. The molecular weight excluding hydrogens is 464 g/mol. The quantitative estimate of drug-likeness (QED) is 0.356. The molecule has 1 atom stereocenters. The van der Waals surface area contributed by atoms with Gasteiger partial charge in [0, 0.05) is 5.69 Å². The van der Waals surface area contributed by atoms with Crippen LogP contribution in [-0.2, 0) is 11.2 Å². The van der Waals surface area contributed by atoms with Crippen molar-refractivity contribution in [2.24, 2.45) is 0 Å². The number of hydrogen-bond acceptors (Lipinski definition) is 5. The molecule has 0 bridgehead atoms. The summed E-state index contributed by atoms with van der Waals surface area (Å²) in [4.78, 5) is 13.1. The molecule has 1 heterocycles. The molecule has 30 heavy (non-hydrogen) atoms. The molecule has 0 spiro atoms. The van der Waals surface area contributed by atoms with Crippen molar-refractivity contribution in [3.05, 3.63) is 69.6 Å². The summed E-state index contributed by atoms with van der Waals surface area (Å²) in [7, 11) is 0. The Morgan fingerprint density at radius 2 is 2.00 bits per heavy atom. The third-order valence-electron chi connectivity index (χ3n) is 4.37. The average molecular weight is 489 g/mol. The van der Waals surface area contributed by atoms with E-state index >= 15 is 0 Å². The lowest BCUT2D eigenvalue weighted by Crippen LogP contribution is -2.30. The van der Waals surface area contributed by atoms with E-state index in [1.165, 1.54) is 17.3 Å². The first kappa shape index (κ1) is 22.3. The number of anilines is 1. The summed E-state index contributed by atoms with van der Waals surface area (Å²) < 4.78 is 12.2. The summed E-state index contributed by atoms with van der Waals surface area (Å²) in [5.41, 5.74) is 2.87. The second-order valence-electron chi connectivity index (χ2n) is 6.54. The predicted octanol–water partition coefficient (Wildman–Crippen LogP) is 5.57. The second-order valence-corrected chi connectivity index (χ2v) is 8.54. The van der Waals surface area contributed by atoms with Crippen LogP contribution in [0.3, 0.4) is 0 Å². The Balaban J connectivity index is 1.76. The molecule has 1 unspecified atom stereocenters. The summed E-state index contributed by atoms with van der Waals surface area (Å²) in [6.45, 7) is 8.61. The Morgan fingerprint density at radius 1 is 1.23 bits per heavy atom. The summed E-state index contributed by atoms with van der Waals surface area (Å²) in [5, 5.41) is 6.30. The zero-order chi connectivity index (χ0) is 21.5. The number of rotatable bonds is 9. The van der Waals surface area contributed by atoms with Crippen LogP contribution < -0.4 is 20.1 Å². The highest BCUT2D eigenvalue weighted by Gasteiger charge is 2.27. The Kier molecular flexibility index (Phi) is 7.87. The fraction of sp³-hybridized carbons (Fsp3) is 0.261. The van der Waals surface area contributed by atoms with Gasteiger partial charge in [0.25, 0.3) is 5.91 Å². The number of thioether (sulfide) groups is 1. The van der Waals surface area contributed by atoms with Crippen LogP contribution >= 0.6 is 27.7 Å². The van der Waals surface area contributed by atoms with Crippen molar-refractivity contribution in [3.8, 4) is 11.5 Å². The van der Waals surface area contributed by atoms with E-state index in [4.69, 9.17) is 9.47 Å². The smallest absolute Gasteiger partial charge is 0.260 e. The Bertz CT molecular complexity index is 944. The van der Waals surface area contributed by atoms with Gasteiger partial charge in [-0.05, 0) is 70.7 Å². The number of benzene rings is 2. The van der Waals surface area contributed by atoms with Gasteiger partial charge in [0.05, 0.1) is 16.0 Å². The van der Waals surface area contributed by atoms with E-state index in [0.717, 1.165) is 22.1 Å². The lowest BCUT2D eigenvalue weighted by molar-refractivity contribution is -0.116. The topological polar surface area (TPSA) is 59.6 Å². The Labute approximate surface area is 190 Å². The molecule has 1 aliphatic rings. The Hall–Kier alpha value is -2.38. The maximum atomic E-state index is 12.5. The van der Waals surface area contributed by atoms with E-state index in [0.29, 0.717) is 29.6 Å². The van der Waals surface area contributed by atoms with E-state index < -0.39 is 0 Å². The molecule has 1 saturated heterocycles. The van der Waals surface area contributed by atoms with Gasteiger partial charge in [-0.25, -0.2) is 0 Å². The molecule has 5 nitrogen and oxygen atoms in total. The van der Waals surface area contributed by atoms with E-state index in [1.54, 1.807) is 6.08 Å². The largest absolute Gasteiger partial charge is 0.490 e. The number of carbonyl (C=O) groups is 1. The molecule has 2 N–H and O–H groups in total. The highest BCUT2D eigenvalue weighted by molar-refractivity contribution is 9.10. The van der Waals surface area contributed by atoms with Crippen LogP contribution in [0.2, 0.25) is 0 Å². The number of aryl methyl sites for hydroxylation is 1. The summed E-state index contributed by atoms with van der Waals surface area (Å²) in [6, 6.07) is 12.0. The van der Waals surface area contributed by atoms with E-state index in [1.807, 2.05) is 37.3 Å². The SMILES string of the molecule is C=CCOc1c(Br)cc(C=C2SC(Nc3ccc(CC)cc3)NC2=O)cc1OCC. The molecule has 1 amide bonds. The third-order valence-corrected chi connectivity index (χ3v) is 5.98. The molecule has 0 saturated carbocycles. The standard InChI is InChI=1S/C23H25BrN2O3S/c1-4-11-29-21-18(24)12-16(13-19(21)28-6-3)14-20-22(27)26-23(30-20)25-17-9-7-15(5-2)8-10-17/h4,7-10,12-14,23,25H,1,5-6,11H2,2-3H3,(H,26,27). The molecule has 0 aliphatic carbocycles. The van der Waals surface area contributed by atoms with Gasteiger partial charge < -0.3 is 20.1 Å². The number of ether oxygens (including phenoxy) is 2. The number of carbonyl (C=O) groups excluding carboxylic acids is 1. The summed E-state index contributed by atoms with van der Waals surface area (Å²) in [5.74, 6) is 1.14. The van der Waals surface area contributed by atoms with E-state index in [-0.39, 0.29) is 11.4 Å². The number of nitrogens with one attached hydrogen (secondary N) is 2. The maximum absolute atomic E-state index is 12.5.